The lowest BCUT2D eigenvalue weighted by atomic mass is 10.1. The normalized spacial score (nSPS) is 12.3. The smallest absolute Gasteiger partial charge is 0.254 e. The zero-order chi connectivity index (χ0) is 38.5. The fourth-order valence-electron chi connectivity index (χ4n) is 4.83. The topological polar surface area (TPSA) is 162 Å². The Morgan fingerprint density at radius 2 is 1.17 bits per heavy atom. The molecule has 0 aromatic heterocycles. The molecule has 0 atom stereocenters. The Morgan fingerprint density at radius 3 is 1.62 bits per heavy atom. The SMILES string of the molecule is CC(C)Oc1cc(C#N)c(Br)c(C#N)c1OC(C)C.CC(C)Oc1cc(C#N)c(Sc2ccc(C(=O)N3CCOCC3)cc2)c(C#N)c1OC(C)C. The highest BCUT2D eigenvalue weighted by atomic mass is 79.9. The van der Waals surface area contributed by atoms with Crippen molar-refractivity contribution in [2.45, 2.75) is 89.6 Å². The summed E-state index contributed by atoms with van der Waals surface area (Å²) in [5.41, 5.74) is 1.81. The van der Waals surface area contributed by atoms with Crippen molar-refractivity contribution < 1.29 is 28.5 Å². The molecule has 1 saturated heterocycles. The van der Waals surface area contributed by atoms with Gasteiger partial charge < -0.3 is 28.6 Å². The molecule has 4 rings (SSSR count). The van der Waals surface area contributed by atoms with Gasteiger partial charge in [-0.2, -0.15) is 21.0 Å². The van der Waals surface area contributed by atoms with Crippen molar-refractivity contribution in [3.05, 3.63) is 68.7 Å². The third-order valence-corrected chi connectivity index (χ3v) is 8.86. The molecule has 0 N–H and O–H groups in total. The van der Waals surface area contributed by atoms with Crippen LogP contribution in [-0.4, -0.2) is 61.5 Å². The van der Waals surface area contributed by atoms with Crippen LogP contribution in [0, 0.1) is 45.3 Å². The molecule has 11 nitrogen and oxygen atoms in total. The van der Waals surface area contributed by atoms with Crippen LogP contribution in [0.25, 0.3) is 0 Å². The van der Waals surface area contributed by atoms with Gasteiger partial charge in [-0.1, -0.05) is 11.8 Å². The van der Waals surface area contributed by atoms with Crippen LogP contribution in [-0.2, 0) is 4.74 Å². The summed E-state index contributed by atoms with van der Waals surface area (Å²) < 4.78 is 28.8. The lowest BCUT2D eigenvalue weighted by Crippen LogP contribution is -2.40. The van der Waals surface area contributed by atoms with Gasteiger partial charge in [-0.05, 0) is 95.6 Å². The number of hydrogen-bond acceptors (Lipinski definition) is 11. The zero-order valence-electron chi connectivity index (χ0n) is 30.6. The minimum absolute atomic E-state index is 0.0342. The highest BCUT2D eigenvalue weighted by Gasteiger charge is 2.24. The maximum atomic E-state index is 12.7. The fourth-order valence-corrected chi connectivity index (χ4v) is 6.27. The molecule has 0 radical (unpaired) electrons. The van der Waals surface area contributed by atoms with E-state index in [2.05, 4.69) is 34.1 Å². The molecular weight excluding hydrogens is 746 g/mol. The molecule has 0 bridgehead atoms. The van der Waals surface area contributed by atoms with E-state index in [-0.39, 0.29) is 41.4 Å². The molecule has 0 aliphatic carbocycles. The summed E-state index contributed by atoms with van der Waals surface area (Å²) in [4.78, 5) is 15.8. The van der Waals surface area contributed by atoms with E-state index in [0.717, 1.165) is 4.90 Å². The number of hydrogen-bond donors (Lipinski definition) is 0. The summed E-state index contributed by atoms with van der Waals surface area (Å²) in [7, 11) is 0. The molecule has 0 saturated carbocycles. The molecule has 272 valence electrons. The second kappa shape index (κ2) is 19.6. The number of ether oxygens (including phenoxy) is 5. The van der Waals surface area contributed by atoms with Gasteiger partial charge in [-0.15, -0.1) is 0 Å². The van der Waals surface area contributed by atoms with Gasteiger partial charge in [0.1, 0.15) is 35.4 Å². The molecule has 3 aromatic carbocycles. The average molecular weight is 789 g/mol. The van der Waals surface area contributed by atoms with E-state index < -0.39 is 0 Å². The van der Waals surface area contributed by atoms with E-state index in [0.29, 0.717) is 75.4 Å². The van der Waals surface area contributed by atoms with Gasteiger partial charge >= 0.3 is 0 Å². The number of morpholine rings is 1. The summed E-state index contributed by atoms with van der Waals surface area (Å²) in [5.74, 6) is 1.47. The van der Waals surface area contributed by atoms with Crippen molar-refractivity contribution in [2.75, 3.05) is 26.3 Å². The third kappa shape index (κ3) is 11.0. The maximum Gasteiger partial charge on any atom is 0.254 e. The van der Waals surface area contributed by atoms with E-state index in [1.807, 2.05) is 73.6 Å². The average Bonchev–Trinajstić information content (AvgIpc) is 3.10. The quantitative estimate of drug-likeness (QED) is 0.183. The largest absolute Gasteiger partial charge is 0.487 e. The minimum atomic E-state index is -0.178. The molecule has 13 heteroatoms. The summed E-state index contributed by atoms with van der Waals surface area (Å²) in [5, 5.41) is 38.1. The number of benzene rings is 3. The van der Waals surface area contributed by atoms with Crippen molar-refractivity contribution in [3.63, 3.8) is 0 Å². The number of carbonyl (C=O) groups excluding carboxylic acids is 1. The molecule has 1 aliphatic rings. The monoisotopic (exact) mass is 787 g/mol. The van der Waals surface area contributed by atoms with Gasteiger partial charge in [0.25, 0.3) is 5.91 Å². The Labute approximate surface area is 318 Å². The van der Waals surface area contributed by atoms with Crippen LogP contribution in [0.5, 0.6) is 23.0 Å². The number of nitriles is 4. The van der Waals surface area contributed by atoms with Crippen molar-refractivity contribution in [3.8, 4) is 47.3 Å². The first kappa shape index (κ1) is 41.5. The van der Waals surface area contributed by atoms with Crippen molar-refractivity contribution in [1.29, 1.82) is 21.0 Å². The molecule has 1 fully saturated rings. The molecule has 0 unspecified atom stereocenters. The number of nitrogens with zero attached hydrogens (tertiary/aromatic N) is 5. The molecule has 0 spiro atoms. The van der Waals surface area contributed by atoms with Gasteiger partial charge in [-0.25, -0.2) is 0 Å². The van der Waals surface area contributed by atoms with Crippen LogP contribution >= 0.6 is 27.7 Å². The Kier molecular flexibility index (Phi) is 15.7. The fraction of sp³-hybridized carbons (Fsp3) is 0.410. The Bertz CT molecular complexity index is 1900. The number of amides is 1. The predicted octanol–water partition coefficient (Wildman–Crippen LogP) is 8.39. The first-order chi connectivity index (χ1) is 24.7. The Morgan fingerprint density at radius 1 is 0.712 bits per heavy atom. The summed E-state index contributed by atoms with van der Waals surface area (Å²) in [6.45, 7) is 17.2. The Balaban J connectivity index is 0.000000326. The number of carbonyl (C=O) groups is 1. The van der Waals surface area contributed by atoms with Crippen LogP contribution < -0.4 is 18.9 Å². The van der Waals surface area contributed by atoms with E-state index >= 15 is 0 Å². The third-order valence-electron chi connectivity index (χ3n) is 6.90. The van der Waals surface area contributed by atoms with Crippen LogP contribution in [0.2, 0.25) is 0 Å². The van der Waals surface area contributed by atoms with E-state index in [1.165, 1.54) is 11.8 Å². The van der Waals surface area contributed by atoms with Gasteiger partial charge in [-0.3, -0.25) is 4.79 Å². The van der Waals surface area contributed by atoms with Crippen LogP contribution in [0.15, 0.2) is 50.7 Å². The second-order valence-electron chi connectivity index (χ2n) is 12.5. The Hall–Kier alpha value is -4.92. The molecular formula is C39H42BrN5O6S. The molecule has 1 aliphatic heterocycles. The molecule has 3 aromatic rings. The van der Waals surface area contributed by atoms with Crippen molar-refractivity contribution in [1.82, 2.24) is 4.90 Å². The van der Waals surface area contributed by atoms with Gasteiger partial charge in [0, 0.05) is 35.7 Å². The van der Waals surface area contributed by atoms with Crippen LogP contribution in [0.3, 0.4) is 0 Å². The van der Waals surface area contributed by atoms with E-state index in [9.17, 15) is 20.6 Å². The van der Waals surface area contributed by atoms with Crippen molar-refractivity contribution >= 4 is 33.6 Å². The second-order valence-corrected chi connectivity index (χ2v) is 14.4. The highest BCUT2D eigenvalue weighted by molar-refractivity contribution is 9.10. The summed E-state index contributed by atoms with van der Waals surface area (Å²) in [6, 6.07) is 18.8. The van der Waals surface area contributed by atoms with Crippen molar-refractivity contribution in [2.24, 2.45) is 0 Å². The molecule has 1 amide bonds. The number of halogens is 1. The van der Waals surface area contributed by atoms with Gasteiger partial charge in [0.15, 0.2) is 23.0 Å². The highest BCUT2D eigenvalue weighted by Crippen LogP contribution is 2.44. The standard InChI is InChI=1S/C25H27N3O4S.C14H15BrN2O2/c1-16(2)31-22-13-19(14-26)24(21(15-27)23(22)32-17(3)4)33-20-7-5-18(6-8-20)25(29)28-9-11-30-12-10-28;1-8(2)18-12-5-10(6-16)13(15)11(7-17)14(12)19-9(3)4/h5-8,13,16-17H,9-12H2,1-4H3;5,8-9H,1-4H3. The lowest BCUT2D eigenvalue weighted by Gasteiger charge is -2.26. The summed E-state index contributed by atoms with van der Waals surface area (Å²) in [6.07, 6.45) is -0.495. The zero-order valence-corrected chi connectivity index (χ0v) is 33.0. The molecule has 1 heterocycles. The predicted molar refractivity (Wildman–Crippen MR) is 200 cm³/mol. The van der Waals surface area contributed by atoms with E-state index in [1.54, 1.807) is 29.2 Å². The minimum Gasteiger partial charge on any atom is -0.487 e. The van der Waals surface area contributed by atoms with E-state index in [4.69, 9.17) is 28.9 Å². The first-order valence-corrected chi connectivity index (χ1v) is 18.3. The van der Waals surface area contributed by atoms with Crippen LogP contribution in [0.4, 0.5) is 0 Å². The maximum absolute atomic E-state index is 12.7. The van der Waals surface area contributed by atoms with Crippen LogP contribution in [0.1, 0.15) is 88.0 Å². The van der Waals surface area contributed by atoms with Gasteiger partial charge in [0.2, 0.25) is 0 Å². The first-order valence-electron chi connectivity index (χ1n) is 16.7. The number of rotatable bonds is 11. The van der Waals surface area contributed by atoms with Gasteiger partial charge in [0.05, 0.1) is 58.1 Å². The molecule has 52 heavy (non-hydrogen) atoms. The summed E-state index contributed by atoms with van der Waals surface area (Å²) >= 11 is 4.55. The lowest BCUT2D eigenvalue weighted by molar-refractivity contribution is 0.0303.